The third-order valence-corrected chi connectivity index (χ3v) is 4.68. The fraction of sp³-hybridized carbons (Fsp3) is 0.0625. The molecule has 0 aliphatic carbocycles. The van der Waals surface area contributed by atoms with Crippen molar-refractivity contribution < 1.29 is 9.90 Å². The lowest BCUT2D eigenvalue weighted by molar-refractivity contribution is -0.301. The van der Waals surface area contributed by atoms with Gasteiger partial charge in [0.25, 0.3) is 0 Å². The van der Waals surface area contributed by atoms with Gasteiger partial charge < -0.3 is 9.90 Å². The van der Waals surface area contributed by atoms with Crippen LogP contribution < -0.4 is 5.11 Å². The number of carbonyl (C=O) groups excluding carboxylic acids is 1. The van der Waals surface area contributed by atoms with E-state index in [1.807, 2.05) is 59.2 Å². The minimum Gasteiger partial charge on any atom is -0.549 e. The standard InChI is InChI=1S/C16H12BrN3O2S/c17-13-9-5-4-8-12(13)15-18-19-16(23-10-14(21)22)20(15)11-6-2-1-3-7-11/h1-9H,10H2,(H,21,22)/p-1. The summed E-state index contributed by atoms with van der Waals surface area (Å²) >= 11 is 4.60. The lowest BCUT2D eigenvalue weighted by Crippen LogP contribution is -2.24. The highest BCUT2D eigenvalue weighted by Gasteiger charge is 2.17. The van der Waals surface area contributed by atoms with E-state index in [2.05, 4.69) is 26.1 Å². The molecule has 0 N–H and O–H groups in total. The molecule has 1 heterocycles. The van der Waals surface area contributed by atoms with Crippen molar-refractivity contribution in [1.82, 2.24) is 14.8 Å². The molecule has 0 spiro atoms. The molecule has 3 aromatic rings. The Morgan fingerprint density at radius 1 is 1.09 bits per heavy atom. The number of para-hydroxylation sites is 1. The lowest BCUT2D eigenvalue weighted by Gasteiger charge is -2.11. The third kappa shape index (κ3) is 3.46. The summed E-state index contributed by atoms with van der Waals surface area (Å²) in [5.74, 6) is -0.675. The lowest BCUT2D eigenvalue weighted by atomic mass is 10.2. The summed E-state index contributed by atoms with van der Waals surface area (Å²) in [5.41, 5.74) is 1.74. The van der Waals surface area contributed by atoms with Crippen molar-refractivity contribution in [3.05, 3.63) is 59.1 Å². The number of carboxylic acids is 1. The van der Waals surface area contributed by atoms with Crippen molar-refractivity contribution in [2.24, 2.45) is 0 Å². The number of hydrogen-bond donors (Lipinski definition) is 0. The largest absolute Gasteiger partial charge is 0.549 e. The van der Waals surface area contributed by atoms with E-state index in [4.69, 9.17) is 0 Å². The molecule has 0 bridgehead atoms. The minimum absolute atomic E-state index is 0.180. The second-order valence-corrected chi connectivity index (χ2v) is 6.41. The first-order valence-electron chi connectivity index (χ1n) is 6.75. The molecule has 1 aromatic heterocycles. The Kier molecular flexibility index (Phi) is 4.78. The maximum atomic E-state index is 10.8. The van der Waals surface area contributed by atoms with E-state index in [0.717, 1.165) is 27.5 Å². The van der Waals surface area contributed by atoms with Crippen LogP contribution in [-0.4, -0.2) is 26.5 Å². The summed E-state index contributed by atoms with van der Waals surface area (Å²) < 4.78 is 2.73. The quantitative estimate of drug-likeness (QED) is 0.628. The normalized spacial score (nSPS) is 10.7. The van der Waals surface area contributed by atoms with Crippen LogP contribution in [-0.2, 0) is 4.79 Å². The van der Waals surface area contributed by atoms with Gasteiger partial charge in [-0.3, -0.25) is 4.57 Å². The molecule has 5 nitrogen and oxygen atoms in total. The third-order valence-electron chi connectivity index (χ3n) is 3.08. The van der Waals surface area contributed by atoms with Gasteiger partial charge in [-0.15, -0.1) is 10.2 Å². The average Bonchev–Trinajstić information content (AvgIpc) is 2.98. The van der Waals surface area contributed by atoms with Crippen molar-refractivity contribution in [3.63, 3.8) is 0 Å². The SMILES string of the molecule is O=C([O-])CSc1nnc(-c2ccccc2Br)n1-c1ccccc1. The molecule has 0 atom stereocenters. The maximum Gasteiger partial charge on any atom is 0.196 e. The second-order valence-electron chi connectivity index (χ2n) is 4.62. The Hall–Kier alpha value is -2.12. The van der Waals surface area contributed by atoms with Crippen LogP contribution >= 0.6 is 27.7 Å². The van der Waals surface area contributed by atoms with Crippen molar-refractivity contribution >= 4 is 33.7 Å². The molecule has 3 rings (SSSR count). The van der Waals surface area contributed by atoms with E-state index in [0.29, 0.717) is 11.0 Å². The summed E-state index contributed by atoms with van der Waals surface area (Å²) in [6.45, 7) is 0. The Morgan fingerprint density at radius 2 is 1.78 bits per heavy atom. The Bertz CT molecular complexity index is 836. The van der Waals surface area contributed by atoms with Crippen molar-refractivity contribution in [2.75, 3.05) is 5.75 Å². The van der Waals surface area contributed by atoms with Crippen molar-refractivity contribution in [1.29, 1.82) is 0 Å². The zero-order valence-electron chi connectivity index (χ0n) is 11.8. The first-order valence-corrected chi connectivity index (χ1v) is 8.53. The highest BCUT2D eigenvalue weighted by atomic mass is 79.9. The molecule has 0 unspecified atom stereocenters. The van der Waals surface area contributed by atoms with E-state index >= 15 is 0 Å². The zero-order valence-corrected chi connectivity index (χ0v) is 14.3. The number of carbonyl (C=O) groups is 1. The van der Waals surface area contributed by atoms with Gasteiger partial charge >= 0.3 is 0 Å². The van der Waals surface area contributed by atoms with Crippen molar-refractivity contribution in [3.8, 4) is 17.1 Å². The summed E-state index contributed by atoms with van der Waals surface area (Å²) in [6, 6.07) is 17.3. The number of hydrogen-bond acceptors (Lipinski definition) is 5. The average molecular weight is 389 g/mol. The predicted molar refractivity (Wildman–Crippen MR) is 90.2 cm³/mol. The van der Waals surface area contributed by atoms with Crippen LogP contribution in [0.1, 0.15) is 0 Å². The van der Waals surface area contributed by atoms with Gasteiger partial charge in [0.1, 0.15) is 0 Å². The van der Waals surface area contributed by atoms with Gasteiger partial charge in [-0.05, 0) is 18.2 Å². The summed E-state index contributed by atoms with van der Waals surface area (Å²) in [7, 11) is 0. The van der Waals surface area contributed by atoms with Crippen LogP contribution in [0.5, 0.6) is 0 Å². The number of rotatable bonds is 5. The van der Waals surface area contributed by atoms with Crippen LogP contribution in [0.3, 0.4) is 0 Å². The summed E-state index contributed by atoms with van der Waals surface area (Å²) in [6.07, 6.45) is 0. The number of benzene rings is 2. The zero-order chi connectivity index (χ0) is 16.2. The number of carboxylic acid groups (broad SMARTS) is 1. The number of aliphatic carboxylic acids is 1. The Morgan fingerprint density at radius 3 is 2.48 bits per heavy atom. The highest BCUT2D eigenvalue weighted by molar-refractivity contribution is 9.10. The number of thioether (sulfide) groups is 1. The molecular weight excluding hydrogens is 378 g/mol. The Labute approximate surface area is 145 Å². The topological polar surface area (TPSA) is 70.8 Å². The predicted octanol–water partition coefficient (Wildman–Crippen LogP) is 2.54. The van der Waals surface area contributed by atoms with Crippen LogP contribution in [0.4, 0.5) is 0 Å². The van der Waals surface area contributed by atoms with Gasteiger partial charge in [-0.2, -0.15) is 0 Å². The molecule has 0 aliphatic rings. The Balaban J connectivity index is 2.14. The number of aromatic nitrogens is 3. The molecule has 2 aromatic carbocycles. The monoisotopic (exact) mass is 388 g/mol. The second kappa shape index (κ2) is 6.97. The van der Waals surface area contributed by atoms with Crippen LogP contribution in [0.2, 0.25) is 0 Å². The van der Waals surface area contributed by atoms with E-state index in [1.165, 1.54) is 0 Å². The minimum atomic E-state index is -1.14. The smallest absolute Gasteiger partial charge is 0.196 e. The van der Waals surface area contributed by atoms with E-state index in [1.54, 1.807) is 0 Å². The van der Waals surface area contributed by atoms with Crippen LogP contribution in [0.25, 0.3) is 17.1 Å². The number of nitrogens with zero attached hydrogens (tertiary/aromatic N) is 3. The fourth-order valence-corrected chi connectivity index (χ4v) is 3.24. The van der Waals surface area contributed by atoms with Gasteiger partial charge in [-0.1, -0.05) is 64.1 Å². The first kappa shape index (κ1) is 15.8. The fourth-order valence-electron chi connectivity index (χ4n) is 2.11. The molecule has 0 fully saturated rings. The van der Waals surface area contributed by atoms with E-state index < -0.39 is 5.97 Å². The van der Waals surface area contributed by atoms with Gasteiger partial charge in [0.2, 0.25) is 0 Å². The highest BCUT2D eigenvalue weighted by Crippen LogP contribution is 2.31. The summed E-state index contributed by atoms with van der Waals surface area (Å²) in [5, 5.41) is 19.7. The van der Waals surface area contributed by atoms with E-state index in [9.17, 15) is 9.90 Å². The number of halogens is 1. The molecule has 0 saturated carbocycles. The van der Waals surface area contributed by atoms with Gasteiger partial charge in [0, 0.05) is 21.5 Å². The van der Waals surface area contributed by atoms with Gasteiger partial charge in [0.15, 0.2) is 11.0 Å². The van der Waals surface area contributed by atoms with E-state index in [-0.39, 0.29) is 5.75 Å². The maximum absolute atomic E-state index is 10.8. The van der Waals surface area contributed by atoms with Crippen LogP contribution in [0.15, 0.2) is 64.2 Å². The molecule has 0 aliphatic heterocycles. The molecule has 23 heavy (non-hydrogen) atoms. The van der Waals surface area contributed by atoms with Gasteiger partial charge in [-0.25, -0.2) is 0 Å². The molecule has 0 saturated heterocycles. The molecular formula is C16H11BrN3O2S-. The molecule has 116 valence electrons. The first-order chi connectivity index (χ1) is 11.2. The van der Waals surface area contributed by atoms with Crippen molar-refractivity contribution in [2.45, 2.75) is 5.16 Å². The summed E-state index contributed by atoms with van der Waals surface area (Å²) in [4.78, 5) is 10.8. The molecule has 0 amide bonds. The van der Waals surface area contributed by atoms with Crippen LogP contribution in [0, 0.1) is 0 Å². The van der Waals surface area contributed by atoms with Gasteiger partial charge in [0.05, 0.1) is 5.97 Å². The molecule has 7 heteroatoms. The molecule has 0 radical (unpaired) electrons.